The van der Waals surface area contributed by atoms with Gasteiger partial charge < -0.3 is 25.3 Å². The van der Waals surface area contributed by atoms with Crippen LogP contribution in [0, 0.1) is 5.82 Å². The maximum Gasteiger partial charge on any atom is 0.407 e. The first-order valence-corrected chi connectivity index (χ1v) is 7.27. The standard InChI is InChI=1S/C16H21FN2O4/c1-16(2,3)23-15(22)19-8-13(20)14(21)11-7-18-12-6-9(17)4-5-10(11)12/h4-7,13-14,18,20-21H,8H2,1-3H3,(H,19,22). The number of fused-ring (bicyclic) bond motifs is 1. The van der Waals surface area contributed by atoms with Gasteiger partial charge in [0.25, 0.3) is 0 Å². The maximum atomic E-state index is 13.2. The molecule has 2 rings (SSSR count). The molecule has 7 heteroatoms. The lowest BCUT2D eigenvalue weighted by atomic mass is 10.0. The van der Waals surface area contributed by atoms with Crippen molar-refractivity contribution < 1.29 is 24.1 Å². The van der Waals surface area contributed by atoms with E-state index in [9.17, 15) is 19.4 Å². The largest absolute Gasteiger partial charge is 0.444 e. The molecule has 0 fully saturated rings. The summed E-state index contributed by atoms with van der Waals surface area (Å²) in [4.78, 5) is 14.4. The van der Waals surface area contributed by atoms with E-state index in [1.807, 2.05) is 0 Å². The highest BCUT2D eigenvalue weighted by molar-refractivity contribution is 5.83. The van der Waals surface area contributed by atoms with Crippen molar-refractivity contribution >= 4 is 17.0 Å². The first-order chi connectivity index (χ1) is 10.7. The monoisotopic (exact) mass is 324 g/mol. The van der Waals surface area contributed by atoms with Gasteiger partial charge in [0.2, 0.25) is 0 Å². The van der Waals surface area contributed by atoms with Gasteiger partial charge in [0.15, 0.2) is 0 Å². The molecule has 0 spiro atoms. The molecule has 6 nitrogen and oxygen atoms in total. The summed E-state index contributed by atoms with van der Waals surface area (Å²) in [5, 5.41) is 23.3. The van der Waals surface area contributed by atoms with E-state index in [4.69, 9.17) is 4.74 Å². The van der Waals surface area contributed by atoms with Crippen molar-refractivity contribution in [2.24, 2.45) is 0 Å². The van der Waals surface area contributed by atoms with Gasteiger partial charge in [-0.25, -0.2) is 9.18 Å². The fourth-order valence-corrected chi connectivity index (χ4v) is 2.19. The van der Waals surface area contributed by atoms with Crippen LogP contribution in [0.25, 0.3) is 10.9 Å². The molecule has 2 aromatic rings. The summed E-state index contributed by atoms with van der Waals surface area (Å²) in [6.07, 6.45) is -1.63. The number of halogens is 1. The summed E-state index contributed by atoms with van der Waals surface area (Å²) in [7, 11) is 0. The number of hydrogen-bond donors (Lipinski definition) is 4. The molecule has 23 heavy (non-hydrogen) atoms. The molecule has 126 valence electrons. The number of rotatable bonds is 4. The van der Waals surface area contributed by atoms with Crippen molar-refractivity contribution in [2.45, 2.75) is 38.6 Å². The van der Waals surface area contributed by atoms with Crippen molar-refractivity contribution in [3.8, 4) is 0 Å². The molecule has 1 heterocycles. The number of carbonyl (C=O) groups excluding carboxylic acids is 1. The molecule has 2 atom stereocenters. The highest BCUT2D eigenvalue weighted by atomic mass is 19.1. The fourth-order valence-electron chi connectivity index (χ4n) is 2.19. The molecule has 1 aromatic heterocycles. The van der Waals surface area contributed by atoms with Crippen LogP contribution in [0.5, 0.6) is 0 Å². The van der Waals surface area contributed by atoms with Crippen LogP contribution < -0.4 is 5.32 Å². The molecule has 1 aromatic carbocycles. The summed E-state index contributed by atoms with van der Waals surface area (Å²) in [5.74, 6) is -0.396. The van der Waals surface area contributed by atoms with Crippen LogP contribution in [0.3, 0.4) is 0 Å². The molecular formula is C16H21FN2O4. The summed E-state index contributed by atoms with van der Waals surface area (Å²) < 4.78 is 18.2. The highest BCUT2D eigenvalue weighted by Crippen LogP contribution is 2.26. The van der Waals surface area contributed by atoms with Gasteiger partial charge in [0.1, 0.15) is 23.6 Å². The summed E-state index contributed by atoms with van der Waals surface area (Å²) in [6.45, 7) is 5.00. The molecule has 4 N–H and O–H groups in total. The third kappa shape index (κ3) is 4.43. The van der Waals surface area contributed by atoms with Crippen molar-refractivity contribution in [1.29, 1.82) is 0 Å². The zero-order valence-corrected chi connectivity index (χ0v) is 13.3. The number of carbonyl (C=O) groups is 1. The number of hydrogen-bond acceptors (Lipinski definition) is 4. The van der Waals surface area contributed by atoms with Crippen molar-refractivity contribution in [2.75, 3.05) is 6.54 Å². The zero-order valence-electron chi connectivity index (χ0n) is 13.3. The van der Waals surface area contributed by atoms with E-state index in [0.29, 0.717) is 16.5 Å². The molecular weight excluding hydrogens is 303 g/mol. The van der Waals surface area contributed by atoms with Crippen LogP contribution in [0.4, 0.5) is 9.18 Å². The Labute approximate surface area is 133 Å². The van der Waals surface area contributed by atoms with E-state index in [1.54, 1.807) is 20.8 Å². The van der Waals surface area contributed by atoms with Gasteiger partial charge in [0.05, 0.1) is 0 Å². The third-order valence-electron chi connectivity index (χ3n) is 3.21. The van der Waals surface area contributed by atoms with Crippen molar-refractivity contribution in [3.05, 3.63) is 35.8 Å². The SMILES string of the molecule is CC(C)(C)OC(=O)NCC(O)C(O)c1c[nH]c2cc(F)ccc12. The normalized spacial score (nSPS) is 14.5. The summed E-state index contributed by atoms with van der Waals surface area (Å²) in [6, 6.07) is 4.10. The number of nitrogens with one attached hydrogen (secondary N) is 2. The highest BCUT2D eigenvalue weighted by Gasteiger charge is 2.23. The Hall–Kier alpha value is -2.12. The minimum absolute atomic E-state index is 0.177. The maximum absolute atomic E-state index is 13.2. The van der Waals surface area contributed by atoms with Crippen LogP contribution in [-0.4, -0.2) is 39.5 Å². The molecule has 0 bridgehead atoms. The van der Waals surface area contributed by atoms with Crippen molar-refractivity contribution in [1.82, 2.24) is 10.3 Å². The van der Waals surface area contributed by atoms with Gasteiger partial charge >= 0.3 is 6.09 Å². The van der Waals surface area contributed by atoms with E-state index in [1.165, 1.54) is 24.4 Å². The Kier molecular flexibility index (Phi) is 4.91. The zero-order chi connectivity index (χ0) is 17.2. The first-order valence-electron chi connectivity index (χ1n) is 7.27. The number of amides is 1. The molecule has 0 radical (unpaired) electrons. The number of aliphatic hydroxyl groups is 2. The van der Waals surface area contributed by atoms with E-state index < -0.39 is 29.7 Å². The van der Waals surface area contributed by atoms with Crippen molar-refractivity contribution in [3.63, 3.8) is 0 Å². The van der Waals surface area contributed by atoms with Gasteiger partial charge in [-0.2, -0.15) is 0 Å². The predicted molar refractivity (Wildman–Crippen MR) is 83.5 cm³/mol. The second-order valence-corrected chi connectivity index (χ2v) is 6.33. The lowest BCUT2D eigenvalue weighted by Gasteiger charge is -2.22. The fraction of sp³-hybridized carbons (Fsp3) is 0.438. The van der Waals surface area contributed by atoms with Gasteiger partial charge in [0, 0.05) is 29.2 Å². The molecule has 1 amide bonds. The van der Waals surface area contributed by atoms with Gasteiger partial charge in [-0.3, -0.25) is 0 Å². The van der Waals surface area contributed by atoms with Crippen LogP contribution in [0.15, 0.2) is 24.4 Å². The van der Waals surface area contributed by atoms with E-state index in [0.717, 1.165) is 0 Å². The van der Waals surface area contributed by atoms with E-state index >= 15 is 0 Å². The number of aromatic nitrogens is 1. The van der Waals surface area contributed by atoms with Gasteiger partial charge in [-0.1, -0.05) is 0 Å². The van der Waals surface area contributed by atoms with Crippen LogP contribution in [0.1, 0.15) is 32.4 Å². The Morgan fingerprint density at radius 2 is 2.09 bits per heavy atom. The van der Waals surface area contributed by atoms with E-state index in [2.05, 4.69) is 10.3 Å². The molecule has 2 unspecified atom stereocenters. The molecule has 0 saturated carbocycles. The Morgan fingerprint density at radius 1 is 1.39 bits per heavy atom. The number of aromatic amines is 1. The second-order valence-electron chi connectivity index (χ2n) is 6.33. The first kappa shape index (κ1) is 17.2. The summed E-state index contributed by atoms with van der Waals surface area (Å²) >= 11 is 0. The van der Waals surface area contributed by atoms with Crippen LogP contribution >= 0.6 is 0 Å². The lowest BCUT2D eigenvalue weighted by Crippen LogP contribution is -2.38. The Balaban J connectivity index is 2.01. The predicted octanol–water partition coefficient (Wildman–Crippen LogP) is 2.23. The number of benzene rings is 1. The average molecular weight is 324 g/mol. The number of ether oxygens (including phenoxy) is 1. The topological polar surface area (TPSA) is 94.6 Å². The smallest absolute Gasteiger partial charge is 0.407 e. The summed E-state index contributed by atoms with van der Waals surface area (Å²) in [5.41, 5.74) is 0.305. The quantitative estimate of drug-likeness (QED) is 0.693. The third-order valence-corrected chi connectivity index (χ3v) is 3.21. The molecule has 0 aliphatic carbocycles. The number of H-pyrrole nitrogens is 1. The minimum atomic E-state index is -1.23. The Morgan fingerprint density at radius 3 is 2.74 bits per heavy atom. The minimum Gasteiger partial charge on any atom is -0.444 e. The van der Waals surface area contributed by atoms with Gasteiger partial charge in [-0.15, -0.1) is 0 Å². The van der Waals surface area contributed by atoms with Crippen LogP contribution in [0.2, 0.25) is 0 Å². The molecule has 0 saturated heterocycles. The second kappa shape index (κ2) is 6.55. The van der Waals surface area contributed by atoms with Gasteiger partial charge in [-0.05, 0) is 39.0 Å². The van der Waals surface area contributed by atoms with E-state index in [-0.39, 0.29) is 6.54 Å². The average Bonchev–Trinajstić information content (AvgIpc) is 2.84. The molecule has 0 aliphatic heterocycles. The Bertz CT molecular complexity index is 693. The van der Waals surface area contributed by atoms with Crippen LogP contribution in [-0.2, 0) is 4.74 Å². The number of aliphatic hydroxyl groups excluding tert-OH is 2. The lowest BCUT2D eigenvalue weighted by molar-refractivity contribution is 0.0136. The number of alkyl carbamates (subject to hydrolysis) is 1. The molecule has 0 aliphatic rings.